The van der Waals surface area contributed by atoms with Gasteiger partial charge < -0.3 is 24.6 Å². The fourth-order valence-electron chi connectivity index (χ4n) is 3.45. The summed E-state index contributed by atoms with van der Waals surface area (Å²) in [6, 6.07) is 6.43. The lowest BCUT2D eigenvalue weighted by molar-refractivity contribution is -0.160. The zero-order valence-electron chi connectivity index (χ0n) is 16.7. The lowest BCUT2D eigenvalue weighted by atomic mass is 10.0. The van der Waals surface area contributed by atoms with Gasteiger partial charge in [-0.25, -0.2) is 0 Å². The second-order valence-corrected chi connectivity index (χ2v) is 8.33. The van der Waals surface area contributed by atoms with Gasteiger partial charge in [0.15, 0.2) is 0 Å². The van der Waals surface area contributed by atoms with Gasteiger partial charge in [0.2, 0.25) is 0 Å². The molecule has 0 unspecified atom stereocenters. The number of furan rings is 1. The maximum absolute atomic E-state index is 12.4. The average molecular weight is 402 g/mol. The van der Waals surface area contributed by atoms with Crippen molar-refractivity contribution < 1.29 is 23.8 Å². The van der Waals surface area contributed by atoms with E-state index in [0.717, 1.165) is 0 Å². The molecule has 0 spiro atoms. The second kappa shape index (κ2) is 8.24. The Labute approximate surface area is 168 Å². The molecule has 0 aromatic carbocycles. The van der Waals surface area contributed by atoms with Gasteiger partial charge in [0.1, 0.15) is 16.9 Å². The molecular formula is C21H26N2O6. The molecule has 0 bridgehead atoms. The smallest absolute Gasteiger partial charge is 0.309 e. The number of aliphatic hydroxyl groups is 1. The number of H-pyrrole nitrogens is 1. The number of carbonyl (C=O) groups is 2. The minimum absolute atomic E-state index is 0.0310. The van der Waals surface area contributed by atoms with Crippen LogP contribution in [-0.4, -0.2) is 40.2 Å². The standard InChI is InChI=1S/C21H26N2O6/c1-21(2,3)29-20(27)12-9-13(16(24)10-12)11-22-18(25)14-6-7-15(23-19(14)26)17-5-4-8-28-17/h4-8,12-13,16,24H,9-11H2,1-3H3,(H,22,25)(H,23,26)/t12-,13-,16-/m0/s1. The number of aliphatic hydroxyl groups excluding tert-OH is 1. The van der Waals surface area contributed by atoms with Crippen LogP contribution in [0.3, 0.4) is 0 Å². The number of nitrogens with one attached hydrogen (secondary N) is 2. The van der Waals surface area contributed by atoms with Crippen LogP contribution in [0.1, 0.15) is 44.0 Å². The van der Waals surface area contributed by atoms with Crippen LogP contribution in [0.5, 0.6) is 0 Å². The third-order valence-corrected chi connectivity index (χ3v) is 4.86. The molecule has 0 saturated heterocycles. The first-order valence-corrected chi connectivity index (χ1v) is 9.60. The SMILES string of the molecule is CC(C)(C)OC(=O)[C@H]1C[C@@H](CNC(=O)c2ccc(-c3ccco3)[nH]c2=O)[C@@H](O)C1. The van der Waals surface area contributed by atoms with E-state index >= 15 is 0 Å². The molecule has 3 N–H and O–H groups in total. The van der Waals surface area contributed by atoms with Crippen LogP contribution in [-0.2, 0) is 9.53 Å². The number of carbonyl (C=O) groups excluding carboxylic acids is 2. The van der Waals surface area contributed by atoms with Crippen molar-refractivity contribution in [3.8, 4) is 11.5 Å². The summed E-state index contributed by atoms with van der Waals surface area (Å²) in [5.41, 5.74) is -0.675. The van der Waals surface area contributed by atoms with Crippen LogP contribution in [0, 0.1) is 11.8 Å². The summed E-state index contributed by atoms with van der Waals surface area (Å²) in [6.07, 6.45) is 1.50. The molecule has 1 amide bonds. The van der Waals surface area contributed by atoms with Gasteiger partial charge >= 0.3 is 5.97 Å². The minimum atomic E-state index is -0.715. The number of aromatic amines is 1. The van der Waals surface area contributed by atoms with Crippen LogP contribution < -0.4 is 10.9 Å². The van der Waals surface area contributed by atoms with E-state index in [4.69, 9.17) is 9.15 Å². The molecule has 2 heterocycles. The molecule has 29 heavy (non-hydrogen) atoms. The fraction of sp³-hybridized carbons (Fsp3) is 0.476. The topological polar surface area (TPSA) is 122 Å². The van der Waals surface area contributed by atoms with Crippen LogP contribution >= 0.6 is 0 Å². The molecule has 3 rings (SSSR count). The third-order valence-electron chi connectivity index (χ3n) is 4.86. The van der Waals surface area contributed by atoms with Crippen LogP contribution in [0.15, 0.2) is 39.7 Å². The summed E-state index contributed by atoms with van der Waals surface area (Å²) >= 11 is 0. The van der Waals surface area contributed by atoms with E-state index in [-0.39, 0.29) is 24.0 Å². The van der Waals surface area contributed by atoms with E-state index in [1.54, 1.807) is 39.0 Å². The fourth-order valence-corrected chi connectivity index (χ4v) is 3.45. The van der Waals surface area contributed by atoms with Gasteiger partial charge in [-0.2, -0.15) is 0 Å². The van der Waals surface area contributed by atoms with Crippen molar-refractivity contribution in [2.75, 3.05) is 6.54 Å². The van der Waals surface area contributed by atoms with Crippen molar-refractivity contribution in [2.24, 2.45) is 11.8 Å². The lowest BCUT2D eigenvalue weighted by Crippen LogP contribution is -2.35. The summed E-state index contributed by atoms with van der Waals surface area (Å²) in [5.74, 6) is -1.06. The first kappa shape index (κ1) is 20.9. The van der Waals surface area contributed by atoms with E-state index in [1.807, 2.05) is 0 Å². The predicted octanol–water partition coefficient (Wildman–Crippen LogP) is 2.09. The Balaban J connectivity index is 1.58. The second-order valence-electron chi connectivity index (χ2n) is 8.33. The Morgan fingerprint density at radius 3 is 2.66 bits per heavy atom. The first-order valence-electron chi connectivity index (χ1n) is 9.60. The number of pyridine rings is 1. The third kappa shape index (κ3) is 5.14. The summed E-state index contributed by atoms with van der Waals surface area (Å²) < 4.78 is 10.6. The minimum Gasteiger partial charge on any atom is -0.463 e. The van der Waals surface area contributed by atoms with Crippen molar-refractivity contribution in [3.05, 3.63) is 46.4 Å². The maximum Gasteiger partial charge on any atom is 0.309 e. The normalized spacial score (nSPS) is 21.7. The highest BCUT2D eigenvalue weighted by molar-refractivity contribution is 5.94. The number of hydrogen-bond acceptors (Lipinski definition) is 6. The van der Waals surface area contributed by atoms with E-state index in [0.29, 0.717) is 24.3 Å². The van der Waals surface area contributed by atoms with Gasteiger partial charge in [-0.15, -0.1) is 0 Å². The van der Waals surface area contributed by atoms with Gasteiger partial charge in [-0.3, -0.25) is 14.4 Å². The molecule has 3 atom stereocenters. The predicted molar refractivity (Wildman–Crippen MR) is 105 cm³/mol. The van der Waals surface area contributed by atoms with E-state index in [9.17, 15) is 19.5 Å². The molecule has 1 fully saturated rings. The number of rotatable bonds is 5. The van der Waals surface area contributed by atoms with Crippen molar-refractivity contribution in [3.63, 3.8) is 0 Å². The van der Waals surface area contributed by atoms with Crippen LogP contribution in [0.2, 0.25) is 0 Å². The first-order chi connectivity index (χ1) is 13.6. The highest BCUT2D eigenvalue weighted by Crippen LogP contribution is 2.32. The summed E-state index contributed by atoms with van der Waals surface area (Å²) in [5, 5.41) is 12.9. The van der Waals surface area contributed by atoms with Gasteiger partial charge in [0.25, 0.3) is 11.5 Å². The Kier molecular flexibility index (Phi) is 5.93. The Bertz CT molecular complexity index is 925. The Hall–Kier alpha value is -2.87. The number of amides is 1. The highest BCUT2D eigenvalue weighted by atomic mass is 16.6. The van der Waals surface area contributed by atoms with Crippen LogP contribution in [0.25, 0.3) is 11.5 Å². The number of esters is 1. The van der Waals surface area contributed by atoms with Gasteiger partial charge in [-0.1, -0.05) is 0 Å². The molecule has 8 heteroatoms. The average Bonchev–Trinajstić information content (AvgIpc) is 3.28. The molecule has 0 aliphatic heterocycles. The number of ether oxygens (including phenoxy) is 1. The molecule has 8 nitrogen and oxygen atoms in total. The van der Waals surface area contributed by atoms with Crippen molar-refractivity contribution in [2.45, 2.75) is 45.3 Å². The van der Waals surface area contributed by atoms with E-state index < -0.39 is 29.1 Å². The number of hydrogen-bond donors (Lipinski definition) is 3. The van der Waals surface area contributed by atoms with Crippen molar-refractivity contribution in [1.29, 1.82) is 0 Å². The van der Waals surface area contributed by atoms with Gasteiger partial charge in [0, 0.05) is 12.5 Å². The monoisotopic (exact) mass is 402 g/mol. The molecule has 1 aliphatic carbocycles. The Morgan fingerprint density at radius 2 is 2.03 bits per heavy atom. The number of aromatic nitrogens is 1. The molecular weight excluding hydrogens is 376 g/mol. The van der Waals surface area contributed by atoms with Gasteiger partial charge in [-0.05, 0) is 57.9 Å². The quantitative estimate of drug-likeness (QED) is 0.659. The maximum atomic E-state index is 12.4. The van der Waals surface area contributed by atoms with E-state index in [1.165, 1.54) is 12.3 Å². The summed E-state index contributed by atoms with van der Waals surface area (Å²) in [6.45, 7) is 5.55. The zero-order valence-corrected chi connectivity index (χ0v) is 16.7. The molecule has 1 saturated carbocycles. The summed E-state index contributed by atoms with van der Waals surface area (Å²) in [4.78, 5) is 39.5. The molecule has 1 aliphatic rings. The lowest BCUT2D eigenvalue weighted by Gasteiger charge is -2.22. The zero-order chi connectivity index (χ0) is 21.2. The molecule has 0 radical (unpaired) electrons. The highest BCUT2D eigenvalue weighted by Gasteiger charge is 2.39. The largest absolute Gasteiger partial charge is 0.463 e. The molecule has 2 aromatic rings. The molecule has 2 aromatic heterocycles. The van der Waals surface area contributed by atoms with Crippen molar-refractivity contribution >= 4 is 11.9 Å². The summed E-state index contributed by atoms with van der Waals surface area (Å²) in [7, 11) is 0. The van der Waals surface area contributed by atoms with E-state index in [2.05, 4.69) is 10.3 Å². The van der Waals surface area contributed by atoms with Crippen LogP contribution in [0.4, 0.5) is 0 Å². The molecule has 156 valence electrons. The van der Waals surface area contributed by atoms with Gasteiger partial charge in [0.05, 0.1) is 24.0 Å². The van der Waals surface area contributed by atoms with Crippen molar-refractivity contribution in [1.82, 2.24) is 10.3 Å². The Morgan fingerprint density at radius 1 is 1.28 bits per heavy atom.